The molecule has 0 amide bonds. The Balaban J connectivity index is 3.29. The molecule has 0 saturated heterocycles. The van der Waals surface area contributed by atoms with Crippen molar-refractivity contribution in [3.8, 4) is 0 Å². The summed E-state index contributed by atoms with van der Waals surface area (Å²) in [5.74, 6) is -3.34. The highest BCUT2D eigenvalue weighted by Crippen LogP contribution is 2.28. The van der Waals surface area contributed by atoms with Crippen molar-refractivity contribution in [2.75, 3.05) is 0 Å². The Morgan fingerprint density at radius 1 is 1.14 bits per heavy atom. The monoisotopic (exact) mass is 204 g/mol. The molecule has 1 N–H and O–H groups in total. The van der Waals surface area contributed by atoms with Crippen LogP contribution in [0.5, 0.6) is 0 Å². The quantitative estimate of drug-likeness (QED) is 0.734. The summed E-state index contributed by atoms with van der Waals surface area (Å²) in [6.45, 7) is 2.98. The highest BCUT2D eigenvalue weighted by molar-refractivity contribution is 5.25. The molecule has 0 aliphatic carbocycles. The number of hydrogen-bond donors (Lipinski definition) is 1. The van der Waals surface area contributed by atoms with Gasteiger partial charge >= 0.3 is 0 Å². The van der Waals surface area contributed by atoms with Crippen molar-refractivity contribution < 1.29 is 18.3 Å². The molecule has 0 aliphatic heterocycles. The Hall–Kier alpha value is -1.03. The molecule has 4 heteroatoms. The molecule has 0 bridgehead atoms. The largest absolute Gasteiger partial charge is 0.385 e. The maximum absolute atomic E-state index is 13.1. The summed E-state index contributed by atoms with van der Waals surface area (Å²) < 4.78 is 38.5. The van der Waals surface area contributed by atoms with Crippen LogP contribution in [0.1, 0.15) is 25.8 Å². The number of aliphatic hydroxyl groups is 1. The summed E-state index contributed by atoms with van der Waals surface area (Å²) in [6, 6.07) is 1.13. The lowest BCUT2D eigenvalue weighted by Gasteiger charge is -2.22. The van der Waals surface area contributed by atoms with E-state index in [-0.39, 0.29) is 12.0 Å². The second-order valence-electron chi connectivity index (χ2n) is 3.37. The molecule has 0 heterocycles. The Morgan fingerprint density at radius 3 is 2.14 bits per heavy atom. The smallest absolute Gasteiger partial charge is 0.161 e. The second kappa shape index (κ2) is 3.61. The van der Waals surface area contributed by atoms with Gasteiger partial charge in [-0.3, -0.25) is 0 Å². The third-order valence-corrected chi connectivity index (χ3v) is 2.28. The van der Waals surface area contributed by atoms with E-state index < -0.39 is 23.1 Å². The first kappa shape index (κ1) is 11.0. The molecule has 78 valence electrons. The lowest BCUT2D eigenvalue weighted by atomic mass is 9.93. The summed E-state index contributed by atoms with van der Waals surface area (Å²) in [7, 11) is 0. The standard InChI is InChI=1S/C10H11F3O/c1-3-10(2,14)6-4-8(12)9(13)5-7(6)11/h4-5,14H,3H2,1-2H3. The lowest BCUT2D eigenvalue weighted by Crippen LogP contribution is -2.22. The average Bonchev–Trinajstić information content (AvgIpc) is 2.11. The zero-order chi connectivity index (χ0) is 10.9. The molecule has 0 fully saturated rings. The van der Waals surface area contributed by atoms with E-state index in [4.69, 9.17) is 0 Å². The number of hydrogen-bond acceptors (Lipinski definition) is 1. The van der Waals surface area contributed by atoms with Crippen molar-refractivity contribution in [3.05, 3.63) is 35.1 Å². The first-order valence-corrected chi connectivity index (χ1v) is 4.26. The van der Waals surface area contributed by atoms with Crippen molar-refractivity contribution in [2.45, 2.75) is 25.9 Å². The van der Waals surface area contributed by atoms with Gasteiger partial charge in [-0.05, 0) is 19.4 Å². The van der Waals surface area contributed by atoms with Gasteiger partial charge in [0, 0.05) is 11.6 Å². The highest BCUT2D eigenvalue weighted by atomic mass is 19.2. The predicted molar refractivity (Wildman–Crippen MR) is 46.2 cm³/mol. The van der Waals surface area contributed by atoms with E-state index in [9.17, 15) is 18.3 Å². The van der Waals surface area contributed by atoms with Gasteiger partial charge in [-0.2, -0.15) is 0 Å². The summed E-state index contributed by atoms with van der Waals surface area (Å²) in [6.07, 6.45) is 0.217. The van der Waals surface area contributed by atoms with Gasteiger partial charge in [0.05, 0.1) is 5.60 Å². The maximum Gasteiger partial charge on any atom is 0.161 e. The van der Waals surface area contributed by atoms with Crippen LogP contribution < -0.4 is 0 Å². The molecule has 0 radical (unpaired) electrons. The molecule has 0 spiro atoms. The Bertz CT molecular complexity index is 347. The van der Waals surface area contributed by atoms with E-state index in [1.807, 2.05) is 0 Å². The summed E-state index contributed by atoms with van der Waals surface area (Å²) >= 11 is 0. The Labute approximate surface area is 80.2 Å². The molecule has 1 rings (SSSR count). The molecule has 0 aliphatic rings. The van der Waals surface area contributed by atoms with E-state index >= 15 is 0 Å². The molecule has 0 aromatic heterocycles. The predicted octanol–water partition coefficient (Wildman–Crippen LogP) is 2.72. The van der Waals surface area contributed by atoms with E-state index in [0.29, 0.717) is 12.1 Å². The van der Waals surface area contributed by atoms with Crippen molar-refractivity contribution in [2.24, 2.45) is 0 Å². The lowest BCUT2D eigenvalue weighted by molar-refractivity contribution is 0.0488. The summed E-state index contributed by atoms with van der Waals surface area (Å²) in [4.78, 5) is 0. The van der Waals surface area contributed by atoms with E-state index in [1.54, 1.807) is 6.92 Å². The molecular weight excluding hydrogens is 193 g/mol. The van der Waals surface area contributed by atoms with Crippen LogP contribution in [0.4, 0.5) is 13.2 Å². The Kier molecular flexibility index (Phi) is 2.85. The molecule has 1 aromatic carbocycles. The fraction of sp³-hybridized carbons (Fsp3) is 0.400. The van der Waals surface area contributed by atoms with Crippen molar-refractivity contribution in [3.63, 3.8) is 0 Å². The normalized spacial score (nSPS) is 15.3. The topological polar surface area (TPSA) is 20.2 Å². The summed E-state index contributed by atoms with van der Waals surface area (Å²) in [5, 5.41) is 9.66. The molecule has 1 unspecified atom stereocenters. The van der Waals surface area contributed by atoms with Crippen LogP contribution in [0.2, 0.25) is 0 Å². The first-order valence-electron chi connectivity index (χ1n) is 4.26. The average molecular weight is 204 g/mol. The SMILES string of the molecule is CCC(C)(O)c1cc(F)c(F)cc1F. The molecule has 1 atom stereocenters. The van der Waals surface area contributed by atoms with Crippen LogP contribution in [0.15, 0.2) is 12.1 Å². The van der Waals surface area contributed by atoms with Crippen LogP contribution in [0, 0.1) is 17.5 Å². The van der Waals surface area contributed by atoms with Gasteiger partial charge in [-0.1, -0.05) is 6.92 Å². The fourth-order valence-corrected chi connectivity index (χ4v) is 1.13. The van der Waals surface area contributed by atoms with Gasteiger partial charge in [-0.25, -0.2) is 13.2 Å². The summed E-state index contributed by atoms with van der Waals surface area (Å²) in [5.41, 5.74) is -1.70. The minimum atomic E-state index is -1.47. The van der Waals surface area contributed by atoms with E-state index in [1.165, 1.54) is 6.92 Å². The molecule has 1 nitrogen and oxygen atoms in total. The molecular formula is C10H11F3O. The first-order chi connectivity index (χ1) is 6.38. The zero-order valence-corrected chi connectivity index (χ0v) is 7.94. The number of rotatable bonds is 2. The van der Waals surface area contributed by atoms with Crippen LogP contribution in [0.3, 0.4) is 0 Å². The maximum atomic E-state index is 13.1. The minimum Gasteiger partial charge on any atom is -0.385 e. The minimum absolute atomic E-state index is 0.217. The Morgan fingerprint density at radius 2 is 1.64 bits per heavy atom. The molecule has 1 aromatic rings. The van der Waals surface area contributed by atoms with Gasteiger partial charge in [0.2, 0.25) is 0 Å². The third-order valence-electron chi connectivity index (χ3n) is 2.28. The van der Waals surface area contributed by atoms with Crippen molar-refractivity contribution in [1.29, 1.82) is 0 Å². The van der Waals surface area contributed by atoms with Gasteiger partial charge < -0.3 is 5.11 Å². The van der Waals surface area contributed by atoms with Crippen LogP contribution in [-0.4, -0.2) is 5.11 Å². The van der Waals surface area contributed by atoms with E-state index in [0.717, 1.165) is 0 Å². The third kappa shape index (κ3) is 1.90. The van der Waals surface area contributed by atoms with Crippen LogP contribution in [-0.2, 0) is 5.60 Å². The fourth-order valence-electron chi connectivity index (χ4n) is 1.13. The zero-order valence-electron chi connectivity index (χ0n) is 7.94. The second-order valence-corrected chi connectivity index (χ2v) is 3.37. The van der Waals surface area contributed by atoms with Gasteiger partial charge in [-0.15, -0.1) is 0 Å². The number of benzene rings is 1. The van der Waals surface area contributed by atoms with Crippen molar-refractivity contribution >= 4 is 0 Å². The highest BCUT2D eigenvalue weighted by Gasteiger charge is 2.26. The van der Waals surface area contributed by atoms with Gasteiger partial charge in [0.1, 0.15) is 5.82 Å². The van der Waals surface area contributed by atoms with Crippen LogP contribution >= 0.6 is 0 Å². The molecule has 14 heavy (non-hydrogen) atoms. The van der Waals surface area contributed by atoms with Crippen molar-refractivity contribution in [1.82, 2.24) is 0 Å². The van der Waals surface area contributed by atoms with Crippen LogP contribution in [0.25, 0.3) is 0 Å². The molecule has 0 saturated carbocycles. The van der Waals surface area contributed by atoms with E-state index in [2.05, 4.69) is 0 Å². The number of halogens is 3. The van der Waals surface area contributed by atoms with Gasteiger partial charge in [0.15, 0.2) is 11.6 Å². The van der Waals surface area contributed by atoms with Gasteiger partial charge in [0.25, 0.3) is 0 Å².